The predicted molar refractivity (Wildman–Crippen MR) is 105 cm³/mol. The van der Waals surface area contributed by atoms with E-state index in [1.54, 1.807) is 11.8 Å². The molecule has 0 atom stereocenters. The average Bonchev–Trinajstić information content (AvgIpc) is 2.69. The van der Waals surface area contributed by atoms with Crippen molar-refractivity contribution in [3.05, 3.63) is 29.3 Å². The second kappa shape index (κ2) is 9.28. The molecule has 2 amide bonds. The van der Waals surface area contributed by atoms with Crippen molar-refractivity contribution in [1.82, 2.24) is 14.7 Å². The number of rotatable bonds is 4. The molecule has 0 aliphatic carbocycles. The van der Waals surface area contributed by atoms with Crippen LogP contribution in [0.2, 0.25) is 5.02 Å². The molecule has 3 rings (SSSR count). The van der Waals surface area contributed by atoms with E-state index in [4.69, 9.17) is 16.3 Å². The second-order valence-corrected chi connectivity index (χ2v) is 7.25. The van der Waals surface area contributed by atoms with Crippen LogP contribution in [-0.2, 0) is 9.53 Å². The number of amides is 2. The zero-order chi connectivity index (χ0) is 19.2. The Balaban J connectivity index is 1.42. The molecule has 1 aromatic rings. The summed E-state index contributed by atoms with van der Waals surface area (Å²) in [6.45, 7) is 8.27. The topological polar surface area (TPSA) is 56.3 Å². The molecule has 27 heavy (non-hydrogen) atoms. The van der Waals surface area contributed by atoms with Gasteiger partial charge in [-0.25, -0.2) is 4.79 Å². The first-order valence-electron chi connectivity index (χ1n) is 9.49. The lowest BCUT2D eigenvalue weighted by Gasteiger charge is -2.38. The fraction of sp³-hybridized carbons (Fsp3) is 0.579. The van der Waals surface area contributed by atoms with Gasteiger partial charge < -0.3 is 19.4 Å². The number of halogens is 1. The van der Waals surface area contributed by atoms with Crippen LogP contribution in [-0.4, -0.2) is 92.2 Å². The molecule has 148 valence electrons. The molecule has 2 heterocycles. The van der Waals surface area contributed by atoms with E-state index in [1.165, 1.54) is 0 Å². The Morgan fingerprint density at radius 1 is 1.00 bits per heavy atom. The molecule has 2 fully saturated rings. The summed E-state index contributed by atoms with van der Waals surface area (Å²) in [6, 6.07) is 7.83. The summed E-state index contributed by atoms with van der Waals surface area (Å²) in [5.41, 5.74) is 1.10. The number of carbonyl (C=O) groups is 2. The van der Waals surface area contributed by atoms with Gasteiger partial charge in [0.1, 0.15) is 0 Å². The summed E-state index contributed by atoms with van der Waals surface area (Å²) in [5.74, 6) is 0.158. The molecule has 7 nitrogen and oxygen atoms in total. The van der Waals surface area contributed by atoms with Gasteiger partial charge >= 0.3 is 6.09 Å². The highest BCUT2D eigenvalue weighted by atomic mass is 35.5. The quantitative estimate of drug-likeness (QED) is 0.779. The minimum atomic E-state index is -0.263. The summed E-state index contributed by atoms with van der Waals surface area (Å²) in [4.78, 5) is 32.4. The van der Waals surface area contributed by atoms with Crippen molar-refractivity contribution in [2.24, 2.45) is 0 Å². The number of ether oxygens (including phenoxy) is 1. The van der Waals surface area contributed by atoms with E-state index in [9.17, 15) is 9.59 Å². The average molecular weight is 395 g/mol. The van der Waals surface area contributed by atoms with Crippen molar-refractivity contribution in [1.29, 1.82) is 0 Å². The highest BCUT2D eigenvalue weighted by Crippen LogP contribution is 2.20. The molecule has 0 N–H and O–H groups in total. The van der Waals surface area contributed by atoms with Crippen molar-refractivity contribution < 1.29 is 14.3 Å². The number of hydrogen-bond donors (Lipinski definition) is 0. The molecule has 0 radical (unpaired) electrons. The summed E-state index contributed by atoms with van der Waals surface area (Å²) in [5, 5.41) is 0.730. The van der Waals surface area contributed by atoms with Crippen LogP contribution in [0, 0.1) is 0 Å². The lowest BCUT2D eigenvalue weighted by atomic mass is 10.2. The Kier molecular flexibility index (Phi) is 6.79. The van der Waals surface area contributed by atoms with Crippen molar-refractivity contribution >= 4 is 29.3 Å². The fourth-order valence-electron chi connectivity index (χ4n) is 3.48. The first-order valence-corrected chi connectivity index (χ1v) is 9.87. The lowest BCUT2D eigenvalue weighted by molar-refractivity contribution is -0.133. The van der Waals surface area contributed by atoms with E-state index >= 15 is 0 Å². The van der Waals surface area contributed by atoms with Crippen LogP contribution in [0.1, 0.15) is 6.92 Å². The van der Waals surface area contributed by atoms with Gasteiger partial charge in [-0.2, -0.15) is 0 Å². The van der Waals surface area contributed by atoms with Crippen LogP contribution < -0.4 is 4.90 Å². The summed E-state index contributed by atoms with van der Waals surface area (Å²) in [6.07, 6.45) is -0.263. The zero-order valence-electron chi connectivity index (χ0n) is 15.8. The van der Waals surface area contributed by atoms with E-state index in [2.05, 4.69) is 9.80 Å². The minimum absolute atomic E-state index is 0.158. The zero-order valence-corrected chi connectivity index (χ0v) is 16.5. The Hall–Kier alpha value is -1.99. The summed E-state index contributed by atoms with van der Waals surface area (Å²) in [7, 11) is 0. The Morgan fingerprint density at radius 2 is 1.67 bits per heavy atom. The summed E-state index contributed by atoms with van der Waals surface area (Å²) < 4.78 is 5.03. The van der Waals surface area contributed by atoms with Crippen LogP contribution in [0.3, 0.4) is 0 Å². The van der Waals surface area contributed by atoms with E-state index in [1.807, 2.05) is 29.2 Å². The Labute approximate surface area is 165 Å². The van der Waals surface area contributed by atoms with Crippen LogP contribution in [0.5, 0.6) is 0 Å². The normalized spacial score (nSPS) is 18.5. The molecular formula is C19H27ClN4O3. The van der Waals surface area contributed by atoms with Crippen LogP contribution in [0.15, 0.2) is 24.3 Å². The van der Waals surface area contributed by atoms with E-state index < -0.39 is 0 Å². The van der Waals surface area contributed by atoms with Gasteiger partial charge in [0.15, 0.2) is 0 Å². The highest BCUT2D eigenvalue weighted by Gasteiger charge is 2.26. The molecule has 0 spiro atoms. The third-order valence-corrected chi connectivity index (χ3v) is 5.30. The molecule has 2 aliphatic heterocycles. The van der Waals surface area contributed by atoms with E-state index in [0.29, 0.717) is 52.4 Å². The molecule has 0 saturated carbocycles. The molecule has 0 bridgehead atoms. The predicted octanol–water partition coefficient (Wildman–Crippen LogP) is 1.76. The van der Waals surface area contributed by atoms with Crippen LogP contribution in [0.25, 0.3) is 0 Å². The summed E-state index contributed by atoms with van der Waals surface area (Å²) >= 11 is 6.07. The SMILES string of the molecule is CCOC(=O)N1CCN(CC(=O)N2CCN(c3cccc(Cl)c3)CC2)CC1. The largest absolute Gasteiger partial charge is 0.450 e. The number of benzene rings is 1. The molecule has 0 unspecified atom stereocenters. The van der Waals surface area contributed by atoms with Crippen molar-refractivity contribution in [3.8, 4) is 0 Å². The second-order valence-electron chi connectivity index (χ2n) is 6.81. The maximum atomic E-state index is 12.6. The van der Waals surface area contributed by atoms with Gasteiger partial charge in [0.2, 0.25) is 5.91 Å². The lowest BCUT2D eigenvalue weighted by Crippen LogP contribution is -2.54. The standard InChI is InChI=1S/C19H27ClN4O3/c1-2-27-19(26)24-8-6-21(7-9-24)15-18(25)23-12-10-22(11-13-23)17-5-3-4-16(20)14-17/h3-5,14H,2,6-13,15H2,1H3. The van der Waals surface area contributed by atoms with Gasteiger partial charge in [-0.05, 0) is 25.1 Å². The van der Waals surface area contributed by atoms with Gasteiger partial charge in [0, 0.05) is 63.1 Å². The number of hydrogen-bond acceptors (Lipinski definition) is 5. The van der Waals surface area contributed by atoms with E-state index in [0.717, 1.165) is 23.8 Å². The van der Waals surface area contributed by atoms with Gasteiger partial charge in [0.25, 0.3) is 0 Å². The molecule has 2 aliphatic rings. The maximum absolute atomic E-state index is 12.6. The number of piperazine rings is 2. The van der Waals surface area contributed by atoms with Gasteiger partial charge in [-0.3, -0.25) is 9.69 Å². The van der Waals surface area contributed by atoms with Crippen molar-refractivity contribution in [2.45, 2.75) is 6.92 Å². The highest BCUT2D eigenvalue weighted by molar-refractivity contribution is 6.30. The van der Waals surface area contributed by atoms with Crippen molar-refractivity contribution in [3.63, 3.8) is 0 Å². The maximum Gasteiger partial charge on any atom is 0.409 e. The number of anilines is 1. The number of nitrogens with zero attached hydrogens (tertiary/aromatic N) is 4. The van der Waals surface area contributed by atoms with Crippen LogP contribution in [0.4, 0.5) is 10.5 Å². The number of carbonyl (C=O) groups excluding carboxylic acids is 2. The third kappa shape index (κ3) is 5.26. The minimum Gasteiger partial charge on any atom is -0.450 e. The molecule has 2 saturated heterocycles. The fourth-order valence-corrected chi connectivity index (χ4v) is 3.67. The first kappa shape index (κ1) is 19.8. The van der Waals surface area contributed by atoms with E-state index in [-0.39, 0.29) is 12.0 Å². The molecule has 8 heteroatoms. The van der Waals surface area contributed by atoms with Gasteiger partial charge in [0.05, 0.1) is 13.2 Å². The monoisotopic (exact) mass is 394 g/mol. The molecule has 0 aromatic heterocycles. The Bertz CT molecular complexity index is 656. The van der Waals surface area contributed by atoms with Crippen molar-refractivity contribution in [2.75, 3.05) is 70.4 Å². The smallest absolute Gasteiger partial charge is 0.409 e. The third-order valence-electron chi connectivity index (χ3n) is 5.06. The first-order chi connectivity index (χ1) is 13.1. The van der Waals surface area contributed by atoms with Gasteiger partial charge in [-0.15, -0.1) is 0 Å². The van der Waals surface area contributed by atoms with Crippen LogP contribution >= 0.6 is 11.6 Å². The molecule has 1 aromatic carbocycles. The molecular weight excluding hydrogens is 368 g/mol. The Morgan fingerprint density at radius 3 is 2.30 bits per heavy atom. The van der Waals surface area contributed by atoms with Gasteiger partial charge in [-0.1, -0.05) is 17.7 Å².